The highest BCUT2D eigenvalue weighted by Gasteiger charge is 2.31. The SMILES string of the molecule is O=C(C1CCN(Cc2cccnc2)C1)N1CCSCC1. The van der Waals surface area contributed by atoms with Gasteiger partial charge in [0.25, 0.3) is 0 Å². The molecule has 2 aliphatic heterocycles. The minimum atomic E-state index is 0.203. The van der Waals surface area contributed by atoms with E-state index in [2.05, 4.69) is 20.9 Å². The Balaban J connectivity index is 1.52. The van der Waals surface area contributed by atoms with Crippen molar-refractivity contribution >= 4 is 17.7 Å². The zero-order chi connectivity index (χ0) is 13.8. The van der Waals surface area contributed by atoms with E-state index in [0.29, 0.717) is 5.91 Å². The molecule has 0 N–H and O–H groups in total. The standard InChI is InChI=1S/C15H21N3OS/c19-15(18-6-8-20-9-7-18)14-3-5-17(12-14)11-13-2-1-4-16-10-13/h1-2,4,10,14H,3,5-9,11-12H2. The zero-order valence-electron chi connectivity index (χ0n) is 11.7. The summed E-state index contributed by atoms with van der Waals surface area (Å²) in [5.74, 6) is 2.77. The number of nitrogens with zero attached hydrogens (tertiary/aromatic N) is 3. The molecule has 0 radical (unpaired) electrons. The first kappa shape index (κ1) is 13.9. The number of carbonyl (C=O) groups is 1. The first-order valence-corrected chi connectivity index (χ1v) is 8.46. The van der Waals surface area contributed by atoms with Crippen LogP contribution >= 0.6 is 11.8 Å². The van der Waals surface area contributed by atoms with E-state index in [1.54, 1.807) is 6.20 Å². The number of thioether (sulfide) groups is 1. The fraction of sp³-hybridized carbons (Fsp3) is 0.600. The molecule has 0 aliphatic carbocycles. The smallest absolute Gasteiger partial charge is 0.227 e. The van der Waals surface area contributed by atoms with Gasteiger partial charge in [0.05, 0.1) is 5.92 Å². The monoisotopic (exact) mass is 291 g/mol. The summed E-state index contributed by atoms with van der Waals surface area (Å²) in [7, 11) is 0. The average molecular weight is 291 g/mol. The van der Waals surface area contributed by atoms with E-state index in [4.69, 9.17) is 0 Å². The predicted octanol–water partition coefficient (Wildman–Crippen LogP) is 1.48. The van der Waals surface area contributed by atoms with Gasteiger partial charge in [-0.15, -0.1) is 0 Å². The second-order valence-electron chi connectivity index (χ2n) is 5.52. The Labute approximate surface area is 124 Å². The molecule has 2 aliphatic rings. The number of hydrogen-bond acceptors (Lipinski definition) is 4. The van der Waals surface area contributed by atoms with Gasteiger partial charge in [-0.1, -0.05) is 6.07 Å². The Morgan fingerprint density at radius 1 is 1.35 bits per heavy atom. The Morgan fingerprint density at radius 3 is 2.95 bits per heavy atom. The maximum absolute atomic E-state index is 12.5. The highest BCUT2D eigenvalue weighted by atomic mass is 32.2. The van der Waals surface area contributed by atoms with Gasteiger partial charge in [-0.3, -0.25) is 14.7 Å². The summed E-state index contributed by atoms with van der Waals surface area (Å²) in [6.07, 6.45) is 4.72. The fourth-order valence-electron chi connectivity index (χ4n) is 2.97. The third-order valence-electron chi connectivity index (χ3n) is 4.07. The van der Waals surface area contributed by atoms with Crippen LogP contribution in [0.3, 0.4) is 0 Å². The zero-order valence-corrected chi connectivity index (χ0v) is 12.5. The van der Waals surface area contributed by atoms with E-state index in [1.807, 2.05) is 24.0 Å². The normalized spacial score (nSPS) is 24.0. The lowest BCUT2D eigenvalue weighted by molar-refractivity contribution is -0.134. The molecule has 108 valence electrons. The van der Waals surface area contributed by atoms with Crippen molar-refractivity contribution in [1.29, 1.82) is 0 Å². The lowest BCUT2D eigenvalue weighted by Crippen LogP contribution is -2.42. The van der Waals surface area contributed by atoms with Crippen LogP contribution in [-0.2, 0) is 11.3 Å². The topological polar surface area (TPSA) is 36.4 Å². The van der Waals surface area contributed by atoms with Crippen molar-refractivity contribution in [2.75, 3.05) is 37.7 Å². The Bertz CT molecular complexity index is 448. The summed E-state index contributed by atoms with van der Waals surface area (Å²) in [6, 6.07) is 4.07. The van der Waals surface area contributed by atoms with Crippen molar-refractivity contribution in [2.45, 2.75) is 13.0 Å². The van der Waals surface area contributed by atoms with Crippen LogP contribution in [0.15, 0.2) is 24.5 Å². The first-order valence-electron chi connectivity index (χ1n) is 7.31. The minimum Gasteiger partial charge on any atom is -0.341 e. The molecule has 2 fully saturated rings. The van der Waals surface area contributed by atoms with Crippen LogP contribution in [0.2, 0.25) is 0 Å². The van der Waals surface area contributed by atoms with Crippen LogP contribution in [-0.4, -0.2) is 58.4 Å². The van der Waals surface area contributed by atoms with Crippen molar-refractivity contribution in [3.63, 3.8) is 0 Å². The molecule has 1 atom stereocenters. The van der Waals surface area contributed by atoms with Crippen LogP contribution in [0.1, 0.15) is 12.0 Å². The van der Waals surface area contributed by atoms with E-state index >= 15 is 0 Å². The predicted molar refractivity (Wildman–Crippen MR) is 81.5 cm³/mol. The van der Waals surface area contributed by atoms with Gasteiger partial charge in [-0.05, 0) is 24.6 Å². The molecule has 0 bridgehead atoms. The molecule has 1 unspecified atom stereocenters. The third kappa shape index (κ3) is 3.33. The van der Waals surface area contributed by atoms with Crippen molar-refractivity contribution in [2.24, 2.45) is 5.92 Å². The van der Waals surface area contributed by atoms with E-state index in [1.165, 1.54) is 5.56 Å². The molecule has 0 spiro atoms. The number of amides is 1. The number of rotatable bonds is 3. The van der Waals surface area contributed by atoms with Crippen molar-refractivity contribution in [3.8, 4) is 0 Å². The number of pyridine rings is 1. The molecule has 2 saturated heterocycles. The van der Waals surface area contributed by atoms with Gasteiger partial charge in [-0.2, -0.15) is 11.8 Å². The van der Waals surface area contributed by atoms with Gasteiger partial charge < -0.3 is 4.90 Å². The molecule has 1 amide bonds. The first-order chi connectivity index (χ1) is 9.83. The van der Waals surface area contributed by atoms with Crippen LogP contribution in [0.4, 0.5) is 0 Å². The maximum atomic E-state index is 12.5. The second kappa shape index (κ2) is 6.59. The summed E-state index contributed by atoms with van der Waals surface area (Å²) < 4.78 is 0. The van der Waals surface area contributed by atoms with Crippen molar-refractivity contribution in [3.05, 3.63) is 30.1 Å². The highest BCUT2D eigenvalue weighted by Crippen LogP contribution is 2.22. The van der Waals surface area contributed by atoms with Gasteiger partial charge in [0.1, 0.15) is 0 Å². The molecule has 20 heavy (non-hydrogen) atoms. The molecule has 0 saturated carbocycles. The van der Waals surface area contributed by atoms with E-state index < -0.39 is 0 Å². The third-order valence-corrected chi connectivity index (χ3v) is 5.02. The maximum Gasteiger partial charge on any atom is 0.227 e. The van der Waals surface area contributed by atoms with Crippen LogP contribution < -0.4 is 0 Å². The minimum absolute atomic E-state index is 0.203. The molecule has 3 rings (SSSR count). The lowest BCUT2D eigenvalue weighted by atomic mass is 10.1. The van der Waals surface area contributed by atoms with Crippen molar-refractivity contribution < 1.29 is 4.79 Å². The van der Waals surface area contributed by atoms with E-state index in [-0.39, 0.29) is 5.92 Å². The molecule has 5 heteroatoms. The Hall–Kier alpha value is -1.07. The molecule has 3 heterocycles. The summed E-state index contributed by atoms with van der Waals surface area (Å²) in [5, 5.41) is 0. The second-order valence-corrected chi connectivity index (χ2v) is 6.74. The van der Waals surface area contributed by atoms with E-state index in [9.17, 15) is 4.79 Å². The number of likely N-dealkylation sites (tertiary alicyclic amines) is 1. The molecule has 4 nitrogen and oxygen atoms in total. The summed E-state index contributed by atoms with van der Waals surface area (Å²) in [4.78, 5) is 21.1. The fourth-order valence-corrected chi connectivity index (χ4v) is 3.87. The number of aromatic nitrogens is 1. The molecule has 1 aromatic heterocycles. The van der Waals surface area contributed by atoms with Gasteiger partial charge in [-0.25, -0.2) is 0 Å². The average Bonchev–Trinajstić information content (AvgIpc) is 2.97. The molecular formula is C15H21N3OS. The van der Waals surface area contributed by atoms with Gasteiger partial charge in [0.15, 0.2) is 0 Å². The lowest BCUT2D eigenvalue weighted by Gasteiger charge is -2.29. The summed E-state index contributed by atoms with van der Waals surface area (Å²) >= 11 is 1.95. The van der Waals surface area contributed by atoms with Crippen LogP contribution in [0.25, 0.3) is 0 Å². The summed E-state index contributed by atoms with van der Waals surface area (Å²) in [5.41, 5.74) is 1.23. The molecule has 0 aromatic carbocycles. The number of carbonyl (C=O) groups excluding carboxylic acids is 1. The summed E-state index contributed by atoms with van der Waals surface area (Å²) in [6.45, 7) is 4.70. The van der Waals surface area contributed by atoms with Crippen LogP contribution in [0, 0.1) is 5.92 Å². The van der Waals surface area contributed by atoms with Crippen molar-refractivity contribution in [1.82, 2.24) is 14.8 Å². The largest absolute Gasteiger partial charge is 0.341 e. The Morgan fingerprint density at radius 2 is 2.20 bits per heavy atom. The van der Waals surface area contributed by atoms with Gasteiger partial charge >= 0.3 is 0 Å². The quantitative estimate of drug-likeness (QED) is 0.845. The van der Waals surface area contributed by atoms with Gasteiger partial charge in [0, 0.05) is 50.1 Å². The Kier molecular flexibility index (Phi) is 4.58. The van der Waals surface area contributed by atoms with Gasteiger partial charge in [0.2, 0.25) is 5.91 Å². The molecular weight excluding hydrogens is 270 g/mol. The number of hydrogen-bond donors (Lipinski definition) is 0. The van der Waals surface area contributed by atoms with Crippen LogP contribution in [0.5, 0.6) is 0 Å². The highest BCUT2D eigenvalue weighted by molar-refractivity contribution is 7.99. The molecule has 1 aromatic rings. The van der Waals surface area contributed by atoms with E-state index in [0.717, 1.165) is 50.7 Å².